The minimum absolute atomic E-state index is 0.136. The molecule has 0 fully saturated rings. The predicted octanol–water partition coefficient (Wildman–Crippen LogP) is -3.39. The molecule has 19 heavy (non-hydrogen) atoms. The molecule has 0 aromatic rings. The quantitative estimate of drug-likeness (QED) is 0.238. The number of rotatable bonds is 9. The first-order chi connectivity index (χ1) is 8.83. The molecule has 0 aromatic heterocycles. The van der Waals surface area contributed by atoms with Crippen LogP contribution in [-0.2, 0) is 14.4 Å². The van der Waals surface area contributed by atoms with Crippen molar-refractivity contribution in [1.29, 1.82) is 0 Å². The molecule has 0 bridgehead atoms. The van der Waals surface area contributed by atoms with Crippen molar-refractivity contribution in [2.24, 2.45) is 0 Å². The van der Waals surface area contributed by atoms with E-state index in [1.54, 1.807) is 0 Å². The summed E-state index contributed by atoms with van der Waals surface area (Å²) in [5.41, 5.74) is 0. The van der Waals surface area contributed by atoms with Gasteiger partial charge in [0.1, 0.15) is 30.6 Å². The molecule has 0 unspecified atom stereocenters. The highest BCUT2D eigenvalue weighted by atomic mass is 16.4. The summed E-state index contributed by atoms with van der Waals surface area (Å²) in [6.45, 7) is -0.837. The average molecular weight is 279 g/mol. The van der Waals surface area contributed by atoms with Gasteiger partial charge in [0.2, 0.25) is 5.91 Å². The average Bonchev–Trinajstić information content (AvgIpc) is 2.39. The molecule has 1 amide bonds. The van der Waals surface area contributed by atoms with Gasteiger partial charge in [-0.3, -0.25) is 9.59 Å². The normalized spacial score (nSPS) is 17.1. The third-order valence-corrected chi connectivity index (χ3v) is 2.34. The molecule has 4 atom stereocenters. The summed E-state index contributed by atoms with van der Waals surface area (Å²) in [7, 11) is 0. The number of aldehydes is 1. The molecular formula is C10H17NO8. The summed E-state index contributed by atoms with van der Waals surface area (Å²) in [4.78, 5) is 32.2. The van der Waals surface area contributed by atoms with Crippen LogP contribution in [0.4, 0.5) is 0 Å². The first kappa shape index (κ1) is 17.4. The molecule has 110 valence electrons. The van der Waals surface area contributed by atoms with Crippen molar-refractivity contribution in [2.75, 3.05) is 6.61 Å². The molecule has 0 aliphatic carbocycles. The molecule has 0 saturated heterocycles. The number of carboxylic acid groups (broad SMARTS) is 1. The fourth-order valence-electron chi connectivity index (χ4n) is 1.23. The summed E-state index contributed by atoms with van der Waals surface area (Å²) in [6.07, 6.45) is -6.04. The third kappa shape index (κ3) is 6.25. The molecule has 0 aromatic carbocycles. The fraction of sp³-hybridized carbons (Fsp3) is 0.700. The van der Waals surface area contributed by atoms with E-state index in [-0.39, 0.29) is 6.29 Å². The topological polar surface area (TPSA) is 164 Å². The van der Waals surface area contributed by atoms with Gasteiger partial charge in [0.25, 0.3) is 0 Å². The number of hydrogen-bond acceptors (Lipinski definition) is 7. The largest absolute Gasteiger partial charge is 0.481 e. The number of hydrogen-bond donors (Lipinski definition) is 6. The van der Waals surface area contributed by atoms with Crippen molar-refractivity contribution in [3.8, 4) is 0 Å². The molecule has 9 heteroatoms. The Balaban J connectivity index is 4.44. The Morgan fingerprint density at radius 2 is 1.68 bits per heavy atom. The number of carbonyl (C=O) groups excluding carboxylic acids is 2. The Morgan fingerprint density at radius 3 is 2.11 bits per heavy atom. The lowest BCUT2D eigenvalue weighted by atomic mass is 10.0. The van der Waals surface area contributed by atoms with Gasteiger partial charge in [-0.05, 0) is 0 Å². The number of carbonyl (C=O) groups is 3. The van der Waals surface area contributed by atoms with Crippen LogP contribution in [-0.4, -0.2) is 74.7 Å². The number of amides is 1. The van der Waals surface area contributed by atoms with Crippen molar-refractivity contribution >= 4 is 18.2 Å². The van der Waals surface area contributed by atoms with E-state index in [1.165, 1.54) is 0 Å². The molecular weight excluding hydrogens is 262 g/mol. The van der Waals surface area contributed by atoms with Gasteiger partial charge in [-0.1, -0.05) is 0 Å². The van der Waals surface area contributed by atoms with Crippen LogP contribution in [0.25, 0.3) is 0 Å². The van der Waals surface area contributed by atoms with Crippen LogP contribution in [0.1, 0.15) is 12.8 Å². The summed E-state index contributed by atoms with van der Waals surface area (Å²) in [5, 5.41) is 46.9. The van der Waals surface area contributed by atoms with Crippen molar-refractivity contribution in [3.05, 3.63) is 0 Å². The van der Waals surface area contributed by atoms with Crippen LogP contribution in [0.2, 0.25) is 0 Å². The van der Waals surface area contributed by atoms with E-state index in [2.05, 4.69) is 0 Å². The second-order valence-electron chi connectivity index (χ2n) is 3.85. The zero-order chi connectivity index (χ0) is 15.0. The molecule has 6 N–H and O–H groups in total. The highest BCUT2D eigenvalue weighted by Gasteiger charge is 2.31. The van der Waals surface area contributed by atoms with Crippen LogP contribution >= 0.6 is 0 Å². The maximum absolute atomic E-state index is 11.2. The molecule has 0 rings (SSSR count). The highest BCUT2D eigenvalue weighted by Crippen LogP contribution is 2.04. The van der Waals surface area contributed by atoms with Gasteiger partial charge in [0.15, 0.2) is 0 Å². The Kier molecular flexibility index (Phi) is 7.84. The molecule has 0 aliphatic rings. The van der Waals surface area contributed by atoms with Crippen LogP contribution in [0, 0.1) is 0 Å². The van der Waals surface area contributed by atoms with E-state index >= 15 is 0 Å². The lowest BCUT2D eigenvalue weighted by molar-refractivity contribution is -0.139. The van der Waals surface area contributed by atoms with Crippen molar-refractivity contribution < 1.29 is 39.9 Å². The van der Waals surface area contributed by atoms with Gasteiger partial charge < -0.3 is 35.6 Å². The minimum Gasteiger partial charge on any atom is -0.481 e. The first-order valence-corrected chi connectivity index (χ1v) is 5.45. The first-order valence-electron chi connectivity index (χ1n) is 5.45. The lowest BCUT2D eigenvalue weighted by Gasteiger charge is -2.26. The number of aliphatic carboxylic acids is 1. The van der Waals surface area contributed by atoms with Crippen molar-refractivity contribution in [1.82, 2.24) is 5.32 Å². The standard InChI is InChI=1S/C10H17NO8/c12-3-5(9(18)10(19)6(14)4-13)11-7(15)1-2-8(16)17/h3,5-6,9-10,13-14,18-19H,1-2,4H2,(H,11,15)(H,16,17)/t5-,6-,9-,10-/m1/s1. The molecule has 0 heterocycles. The minimum atomic E-state index is -1.83. The molecule has 9 nitrogen and oxygen atoms in total. The van der Waals surface area contributed by atoms with Gasteiger partial charge >= 0.3 is 5.97 Å². The van der Waals surface area contributed by atoms with E-state index in [4.69, 9.17) is 15.3 Å². The lowest BCUT2D eigenvalue weighted by Crippen LogP contribution is -2.53. The van der Waals surface area contributed by atoms with Gasteiger partial charge in [-0.2, -0.15) is 0 Å². The monoisotopic (exact) mass is 279 g/mol. The van der Waals surface area contributed by atoms with E-state index in [0.29, 0.717) is 0 Å². The van der Waals surface area contributed by atoms with Crippen molar-refractivity contribution in [3.63, 3.8) is 0 Å². The molecule has 0 aliphatic heterocycles. The maximum atomic E-state index is 11.2. The summed E-state index contributed by atoms with van der Waals surface area (Å²) in [6, 6.07) is -1.52. The van der Waals surface area contributed by atoms with Gasteiger partial charge in [0, 0.05) is 6.42 Å². The van der Waals surface area contributed by atoms with Crippen LogP contribution in [0.5, 0.6) is 0 Å². The zero-order valence-electron chi connectivity index (χ0n) is 9.97. The van der Waals surface area contributed by atoms with Crippen molar-refractivity contribution in [2.45, 2.75) is 37.2 Å². The fourth-order valence-corrected chi connectivity index (χ4v) is 1.23. The number of aliphatic hydroxyl groups is 4. The number of aliphatic hydroxyl groups excluding tert-OH is 4. The molecule has 0 radical (unpaired) electrons. The van der Waals surface area contributed by atoms with Gasteiger partial charge in [-0.15, -0.1) is 0 Å². The van der Waals surface area contributed by atoms with E-state index < -0.39 is 55.7 Å². The Morgan fingerprint density at radius 1 is 1.11 bits per heavy atom. The van der Waals surface area contributed by atoms with Crippen LogP contribution in [0.3, 0.4) is 0 Å². The number of nitrogens with one attached hydrogen (secondary N) is 1. The number of carboxylic acids is 1. The summed E-state index contributed by atoms with van der Waals surface area (Å²) in [5.74, 6) is -2.00. The Labute approximate surface area is 108 Å². The highest BCUT2D eigenvalue weighted by molar-refractivity contribution is 5.83. The van der Waals surface area contributed by atoms with E-state index in [9.17, 15) is 24.6 Å². The predicted molar refractivity (Wildman–Crippen MR) is 60.0 cm³/mol. The van der Waals surface area contributed by atoms with Gasteiger partial charge in [0.05, 0.1) is 13.0 Å². The summed E-state index contributed by atoms with van der Waals surface area (Å²) < 4.78 is 0. The summed E-state index contributed by atoms with van der Waals surface area (Å²) >= 11 is 0. The second kappa shape index (κ2) is 8.53. The third-order valence-electron chi connectivity index (χ3n) is 2.34. The van der Waals surface area contributed by atoms with E-state index in [0.717, 1.165) is 0 Å². The maximum Gasteiger partial charge on any atom is 0.303 e. The second-order valence-corrected chi connectivity index (χ2v) is 3.85. The van der Waals surface area contributed by atoms with Crippen LogP contribution in [0.15, 0.2) is 0 Å². The van der Waals surface area contributed by atoms with Crippen LogP contribution < -0.4 is 5.32 Å². The van der Waals surface area contributed by atoms with E-state index in [1.807, 2.05) is 5.32 Å². The smallest absolute Gasteiger partial charge is 0.303 e. The van der Waals surface area contributed by atoms with Gasteiger partial charge in [-0.25, -0.2) is 0 Å². The molecule has 0 spiro atoms. The Bertz CT molecular complexity index is 321. The zero-order valence-corrected chi connectivity index (χ0v) is 9.97. The Hall–Kier alpha value is -1.55. The molecule has 0 saturated carbocycles. The SMILES string of the molecule is O=C[C@@H](NC(=O)CCC(=O)O)[C@@H](O)[C@H](O)[C@H](O)CO.